The van der Waals surface area contributed by atoms with Crippen LogP contribution in [0.2, 0.25) is 0 Å². The minimum atomic E-state index is -1.68. The third-order valence-electron chi connectivity index (χ3n) is 9.81. The van der Waals surface area contributed by atoms with Crippen molar-refractivity contribution < 1.29 is 38.7 Å². The van der Waals surface area contributed by atoms with Crippen LogP contribution in [0.25, 0.3) is 0 Å². The van der Waals surface area contributed by atoms with Gasteiger partial charge in [-0.25, -0.2) is 0 Å². The number of methoxy groups -OCH3 is 1. The van der Waals surface area contributed by atoms with Crippen molar-refractivity contribution in [2.45, 2.75) is 135 Å². The minimum absolute atomic E-state index is 0.0350. The lowest BCUT2D eigenvalue weighted by Gasteiger charge is -2.46. The predicted molar refractivity (Wildman–Crippen MR) is 163 cm³/mol. The molecule has 0 unspecified atom stereocenters. The van der Waals surface area contributed by atoms with E-state index >= 15 is 0 Å². The van der Waals surface area contributed by atoms with Crippen molar-refractivity contribution in [2.24, 2.45) is 23.7 Å². The topological polar surface area (TPSA) is 115 Å². The Balaban J connectivity index is 2.48. The number of aliphatic hydroxyl groups is 2. The van der Waals surface area contributed by atoms with E-state index in [-0.39, 0.29) is 36.7 Å². The van der Waals surface area contributed by atoms with E-state index in [0.29, 0.717) is 12.8 Å². The average molecular weight is 598 g/mol. The fraction of sp³-hybridized carbons (Fsp3) is 0.879. The van der Waals surface area contributed by atoms with Crippen LogP contribution < -0.4 is 0 Å². The van der Waals surface area contributed by atoms with Gasteiger partial charge in [-0.2, -0.15) is 0 Å². The van der Waals surface area contributed by atoms with Gasteiger partial charge in [0.2, 0.25) is 0 Å². The number of carbonyl (C=O) groups excluding carboxylic acids is 2. The summed E-state index contributed by atoms with van der Waals surface area (Å²) in [6.45, 7) is 19.1. The molecular formula is C33H59NO8. The van der Waals surface area contributed by atoms with Crippen LogP contribution in [-0.4, -0.2) is 102 Å². The number of nitrogens with zero attached hydrogens (tertiary/aromatic N) is 1. The van der Waals surface area contributed by atoms with Gasteiger partial charge in [0, 0.05) is 49.8 Å². The number of carbonyl (C=O) groups is 2. The summed E-state index contributed by atoms with van der Waals surface area (Å²) in [6.07, 6.45) is 1.57. The molecule has 2 aliphatic heterocycles. The Labute approximate surface area is 254 Å². The van der Waals surface area contributed by atoms with Gasteiger partial charge in [0.15, 0.2) is 6.29 Å². The van der Waals surface area contributed by atoms with E-state index in [0.717, 1.165) is 19.4 Å². The molecule has 0 bridgehead atoms. The molecule has 244 valence electrons. The molecule has 0 aliphatic carbocycles. The number of Topliss-reactive ketones (excluding diaryl/α,β-unsaturated/α-hetero) is 2. The lowest BCUT2D eigenvalue weighted by atomic mass is 9.74. The fourth-order valence-electron chi connectivity index (χ4n) is 6.92. The van der Waals surface area contributed by atoms with Crippen LogP contribution >= 0.6 is 0 Å². The van der Waals surface area contributed by atoms with E-state index in [9.17, 15) is 19.8 Å². The lowest BCUT2D eigenvalue weighted by molar-refractivity contribution is -0.263. The van der Waals surface area contributed by atoms with E-state index in [1.54, 1.807) is 21.0 Å². The summed E-state index contributed by atoms with van der Waals surface area (Å²) in [7, 11) is 3.67. The molecule has 0 radical (unpaired) electrons. The van der Waals surface area contributed by atoms with Gasteiger partial charge in [-0.3, -0.25) is 9.59 Å². The van der Waals surface area contributed by atoms with Gasteiger partial charge in [0.25, 0.3) is 0 Å². The molecule has 2 N–H and O–H groups in total. The van der Waals surface area contributed by atoms with E-state index in [4.69, 9.17) is 18.9 Å². The summed E-state index contributed by atoms with van der Waals surface area (Å²) in [5, 5.41) is 22.5. The van der Waals surface area contributed by atoms with Gasteiger partial charge < -0.3 is 34.1 Å². The zero-order valence-corrected chi connectivity index (χ0v) is 27.8. The molecule has 2 heterocycles. The third-order valence-corrected chi connectivity index (χ3v) is 9.81. The molecule has 2 aliphatic rings. The molecular weight excluding hydrogens is 538 g/mol. The summed E-state index contributed by atoms with van der Waals surface area (Å²) >= 11 is 0. The maximum atomic E-state index is 13.9. The first-order valence-electron chi connectivity index (χ1n) is 15.8. The Morgan fingerprint density at radius 1 is 1.07 bits per heavy atom. The molecule has 2 fully saturated rings. The standard InChI is InChI=1S/C33H59NO8/c1-12-14-15-34(10)25-16-22(5)41-27(17-25)42-31-24(7)29(36)21(4)19-40-26(13-2)33(9,38)30(37)23(6)28(35)20(3)18-32(31,8)39-11/h12,20-27,30-31,37-38H,1,13-19H2,2-11H3/t20-,21+,22-,23+,24+,25+,26-,27+,30-,31-,32-,33-/m1/s1. The maximum Gasteiger partial charge on any atom is 0.159 e. The Morgan fingerprint density at radius 2 is 1.69 bits per heavy atom. The molecule has 12 atom stereocenters. The van der Waals surface area contributed by atoms with Gasteiger partial charge in [-0.15, -0.1) is 6.58 Å². The van der Waals surface area contributed by atoms with Crippen LogP contribution in [-0.2, 0) is 28.5 Å². The summed E-state index contributed by atoms with van der Waals surface area (Å²) in [5.41, 5.74) is -2.70. The van der Waals surface area contributed by atoms with Crippen molar-refractivity contribution in [3.8, 4) is 0 Å². The first kappa shape index (κ1) is 37.0. The second-order valence-corrected chi connectivity index (χ2v) is 13.4. The molecule has 0 spiro atoms. The molecule has 0 amide bonds. The van der Waals surface area contributed by atoms with Gasteiger partial charge in [0.05, 0.1) is 36.6 Å². The Kier molecular flexibility index (Phi) is 13.8. The predicted octanol–water partition coefficient (Wildman–Crippen LogP) is 4.17. The van der Waals surface area contributed by atoms with E-state index in [1.807, 2.05) is 40.7 Å². The second kappa shape index (κ2) is 15.7. The van der Waals surface area contributed by atoms with Crippen LogP contribution in [0.1, 0.15) is 87.5 Å². The molecule has 2 saturated heterocycles. The molecule has 0 aromatic carbocycles. The maximum absolute atomic E-state index is 13.9. The highest BCUT2D eigenvalue weighted by molar-refractivity contribution is 5.84. The number of ether oxygens (including phenoxy) is 4. The van der Waals surface area contributed by atoms with Gasteiger partial charge in [0.1, 0.15) is 17.2 Å². The van der Waals surface area contributed by atoms with Crippen LogP contribution in [0.5, 0.6) is 0 Å². The third kappa shape index (κ3) is 8.71. The first-order valence-corrected chi connectivity index (χ1v) is 15.8. The number of ketones is 2. The number of rotatable bonds is 8. The summed E-state index contributed by atoms with van der Waals surface area (Å²) in [4.78, 5) is 29.8. The average Bonchev–Trinajstić information content (AvgIpc) is 2.95. The molecule has 0 aromatic heterocycles. The second-order valence-electron chi connectivity index (χ2n) is 13.4. The summed E-state index contributed by atoms with van der Waals surface area (Å²) < 4.78 is 25.2. The number of hydrogen-bond acceptors (Lipinski definition) is 9. The van der Waals surface area contributed by atoms with Crippen LogP contribution in [0.15, 0.2) is 12.7 Å². The molecule has 0 saturated carbocycles. The first-order chi connectivity index (χ1) is 19.5. The minimum Gasteiger partial charge on any atom is -0.389 e. The molecule has 9 nitrogen and oxygen atoms in total. The quantitative estimate of drug-likeness (QED) is 0.398. The lowest BCUT2D eigenvalue weighted by Crippen LogP contribution is -2.57. The summed E-state index contributed by atoms with van der Waals surface area (Å²) in [6, 6.07) is 0.242. The highest BCUT2D eigenvalue weighted by Crippen LogP contribution is 2.38. The zero-order valence-electron chi connectivity index (χ0n) is 27.8. The van der Waals surface area contributed by atoms with Gasteiger partial charge >= 0.3 is 0 Å². The molecule has 0 aromatic rings. The van der Waals surface area contributed by atoms with Crippen molar-refractivity contribution in [1.82, 2.24) is 4.90 Å². The Hall–Kier alpha value is -1.20. The highest BCUT2D eigenvalue weighted by Gasteiger charge is 2.49. The summed E-state index contributed by atoms with van der Waals surface area (Å²) in [5.74, 6) is -2.75. The van der Waals surface area contributed by atoms with E-state index in [2.05, 4.69) is 18.5 Å². The van der Waals surface area contributed by atoms with Gasteiger partial charge in [-0.1, -0.05) is 40.7 Å². The van der Waals surface area contributed by atoms with Crippen LogP contribution in [0.4, 0.5) is 0 Å². The van der Waals surface area contributed by atoms with Crippen LogP contribution in [0.3, 0.4) is 0 Å². The van der Waals surface area contributed by atoms with Crippen molar-refractivity contribution in [2.75, 3.05) is 27.3 Å². The fourth-order valence-corrected chi connectivity index (χ4v) is 6.92. The SMILES string of the molecule is C=CCCN(C)[C@@H]1C[C@H](O[C@@H]2[C@@H](C)C(=O)[C@@H](C)CO[C@H](CC)[C@@](C)(O)[C@H](O)[C@@H](C)C(=O)[C@H](C)C[C@@]2(C)OC)O[C@H](C)C1. The van der Waals surface area contributed by atoms with Crippen molar-refractivity contribution >= 4 is 11.6 Å². The Morgan fingerprint density at radius 3 is 2.26 bits per heavy atom. The molecule has 42 heavy (non-hydrogen) atoms. The number of hydrogen-bond donors (Lipinski definition) is 2. The largest absolute Gasteiger partial charge is 0.389 e. The molecule has 2 rings (SSSR count). The number of aliphatic hydroxyl groups excluding tert-OH is 1. The van der Waals surface area contributed by atoms with Crippen molar-refractivity contribution in [3.05, 3.63) is 12.7 Å². The van der Waals surface area contributed by atoms with Crippen molar-refractivity contribution in [1.29, 1.82) is 0 Å². The van der Waals surface area contributed by atoms with Gasteiger partial charge in [-0.05, 0) is 53.5 Å². The van der Waals surface area contributed by atoms with E-state index in [1.165, 1.54) is 6.92 Å². The zero-order chi connectivity index (χ0) is 32.0. The smallest absolute Gasteiger partial charge is 0.159 e. The Bertz CT molecular complexity index is 895. The monoisotopic (exact) mass is 597 g/mol. The van der Waals surface area contributed by atoms with Crippen molar-refractivity contribution in [3.63, 3.8) is 0 Å². The van der Waals surface area contributed by atoms with E-state index < -0.39 is 59.5 Å². The molecule has 9 heteroatoms. The normalized spacial score (nSPS) is 43.3. The highest BCUT2D eigenvalue weighted by atomic mass is 16.7. The van der Waals surface area contributed by atoms with Crippen LogP contribution in [0, 0.1) is 23.7 Å².